The van der Waals surface area contributed by atoms with Crippen molar-refractivity contribution in [3.8, 4) is 11.1 Å². The van der Waals surface area contributed by atoms with Crippen molar-refractivity contribution < 1.29 is 19.4 Å². The Morgan fingerprint density at radius 2 is 1.67 bits per heavy atom. The molecule has 3 aromatic carbocycles. The second-order valence-corrected chi connectivity index (χ2v) is 12.1. The Balaban J connectivity index is 1.18. The van der Waals surface area contributed by atoms with Gasteiger partial charge in [-0.3, -0.25) is 9.78 Å². The third-order valence-electron chi connectivity index (χ3n) is 7.98. The number of nitrogens with one attached hydrogen (secondary N) is 1. The molecule has 45 heavy (non-hydrogen) atoms. The van der Waals surface area contributed by atoms with Crippen LogP contribution in [0.2, 0.25) is 0 Å². The van der Waals surface area contributed by atoms with Crippen LogP contribution in [-0.2, 0) is 22.6 Å². The lowest BCUT2D eigenvalue weighted by Crippen LogP contribution is -2.38. The van der Waals surface area contributed by atoms with E-state index in [4.69, 9.17) is 9.47 Å². The largest absolute Gasteiger partial charge is 0.392 e. The van der Waals surface area contributed by atoms with Crippen LogP contribution >= 0.6 is 11.8 Å². The minimum Gasteiger partial charge on any atom is -0.392 e. The van der Waals surface area contributed by atoms with E-state index in [-0.39, 0.29) is 30.6 Å². The number of pyridine rings is 2. The quantitative estimate of drug-likeness (QED) is 0.161. The lowest BCUT2D eigenvalue weighted by molar-refractivity contribution is -0.268. The summed E-state index contributed by atoms with van der Waals surface area (Å²) in [6, 6.07) is 33.8. The minimum atomic E-state index is -0.541. The van der Waals surface area contributed by atoms with Crippen molar-refractivity contribution in [3.63, 3.8) is 0 Å². The second kappa shape index (κ2) is 14.6. The Bertz CT molecular complexity index is 1690. The molecule has 1 aliphatic heterocycles. The maximum atomic E-state index is 12.5. The van der Waals surface area contributed by atoms with Crippen LogP contribution in [0, 0.1) is 5.92 Å². The van der Waals surface area contributed by atoms with Crippen molar-refractivity contribution in [1.29, 1.82) is 0 Å². The lowest BCUT2D eigenvalue weighted by Gasteiger charge is -2.41. The molecule has 6 rings (SSSR count). The maximum Gasteiger partial charge on any atom is 0.253 e. The van der Waals surface area contributed by atoms with Crippen molar-refractivity contribution in [2.24, 2.45) is 5.92 Å². The van der Waals surface area contributed by atoms with Crippen LogP contribution in [-0.4, -0.2) is 32.8 Å². The Labute approximate surface area is 267 Å². The Hall–Kier alpha value is -4.34. The van der Waals surface area contributed by atoms with Crippen molar-refractivity contribution in [3.05, 3.63) is 150 Å². The van der Waals surface area contributed by atoms with Crippen LogP contribution in [0.25, 0.3) is 11.1 Å². The third kappa shape index (κ3) is 7.67. The van der Waals surface area contributed by atoms with Gasteiger partial charge in [0, 0.05) is 42.4 Å². The molecule has 0 saturated carbocycles. The number of aromatic nitrogens is 2. The summed E-state index contributed by atoms with van der Waals surface area (Å²) in [4.78, 5) is 21.0. The molecule has 3 heterocycles. The first-order valence-electron chi connectivity index (χ1n) is 15.0. The summed E-state index contributed by atoms with van der Waals surface area (Å²) in [5.74, 6) is 0.683. The van der Waals surface area contributed by atoms with Crippen molar-refractivity contribution >= 4 is 17.7 Å². The molecule has 1 amide bonds. The molecule has 8 heteroatoms. The van der Waals surface area contributed by atoms with E-state index in [1.165, 1.54) is 0 Å². The molecule has 4 atom stereocenters. The van der Waals surface area contributed by atoms with Gasteiger partial charge in [0.05, 0.1) is 29.4 Å². The van der Waals surface area contributed by atoms with Gasteiger partial charge in [-0.15, -0.1) is 11.8 Å². The second-order valence-electron chi connectivity index (χ2n) is 11.0. The fraction of sp³-hybridized carbons (Fsp3) is 0.216. The monoisotopic (exact) mass is 617 g/mol. The number of hydrogen-bond donors (Lipinski definition) is 2. The first-order chi connectivity index (χ1) is 22.1. The summed E-state index contributed by atoms with van der Waals surface area (Å²) in [6.07, 6.45) is 4.22. The average molecular weight is 618 g/mol. The predicted molar refractivity (Wildman–Crippen MR) is 175 cm³/mol. The van der Waals surface area contributed by atoms with E-state index in [2.05, 4.69) is 58.6 Å². The highest BCUT2D eigenvalue weighted by molar-refractivity contribution is 7.99. The molecule has 5 aromatic rings. The summed E-state index contributed by atoms with van der Waals surface area (Å²) >= 11 is 1.68. The number of aliphatic hydroxyl groups excluding tert-OH is 1. The summed E-state index contributed by atoms with van der Waals surface area (Å²) in [5, 5.41) is 13.5. The molecular formula is C37H35N3O4S. The Kier molecular flexibility index (Phi) is 9.97. The summed E-state index contributed by atoms with van der Waals surface area (Å²) in [7, 11) is 0. The number of thioether (sulfide) groups is 1. The van der Waals surface area contributed by atoms with Gasteiger partial charge in [0.2, 0.25) is 0 Å². The highest BCUT2D eigenvalue weighted by Crippen LogP contribution is 2.43. The highest BCUT2D eigenvalue weighted by atomic mass is 32.2. The molecule has 2 aromatic heterocycles. The zero-order valence-corrected chi connectivity index (χ0v) is 25.8. The molecule has 1 aliphatic rings. The number of hydrogen-bond acceptors (Lipinski definition) is 7. The van der Waals surface area contributed by atoms with Crippen molar-refractivity contribution in [2.75, 3.05) is 5.75 Å². The van der Waals surface area contributed by atoms with E-state index >= 15 is 0 Å². The van der Waals surface area contributed by atoms with Gasteiger partial charge < -0.3 is 19.9 Å². The van der Waals surface area contributed by atoms with Crippen LogP contribution in [0.3, 0.4) is 0 Å². The number of ether oxygens (including phenoxy) is 2. The zero-order valence-electron chi connectivity index (χ0n) is 25.0. The van der Waals surface area contributed by atoms with Crippen LogP contribution < -0.4 is 5.32 Å². The number of carbonyl (C=O) groups excluding carboxylic acids is 1. The van der Waals surface area contributed by atoms with Crippen molar-refractivity contribution in [1.82, 2.24) is 15.3 Å². The number of rotatable bonds is 10. The molecule has 0 spiro atoms. The Morgan fingerprint density at radius 3 is 2.40 bits per heavy atom. The normalized spacial score (nSPS) is 19.6. The first kappa shape index (κ1) is 30.7. The van der Waals surface area contributed by atoms with E-state index in [0.29, 0.717) is 12.1 Å². The van der Waals surface area contributed by atoms with Crippen LogP contribution in [0.5, 0.6) is 0 Å². The summed E-state index contributed by atoms with van der Waals surface area (Å²) < 4.78 is 13.2. The smallest absolute Gasteiger partial charge is 0.253 e. The van der Waals surface area contributed by atoms with Gasteiger partial charge in [-0.2, -0.15) is 0 Å². The van der Waals surface area contributed by atoms with Crippen molar-refractivity contribution in [2.45, 2.75) is 43.6 Å². The van der Waals surface area contributed by atoms with Gasteiger partial charge in [-0.1, -0.05) is 79.7 Å². The molecule has 0 unspecified atom stereocenters. The first-order valence-corrected chi connectivity index (χ1v) is 16.0. The van der Waals surface area contributed by atoms with Gasteiger partial charge in [0.1, 0.15) is 0 Å². The predicted octanol–water partition coefficient (Wildman–Crippen LogP) is 7.15. The standard InChI is InChI=1S/C37H35N3O4S/c1-25-33(24-45-34-9-2-3-19-39-34)43-37(44-35(25)29-12-10-26(23-41)11-13-29)30-16-14-28(15-17-30)31-7-4-6-27(20-31)21-40-36(42)32-8-5-18-38-22-32/h2-20,22,25,33,35,37,41H,21,23-24H2,1H3,(H,40,42)/t25-,33+,35+,37+/m1/s1. The number of carbonyl (C=O) groups is 1. The molecule has 0 bridgehead atoms. The molecule has 0 aliphatic carbocycles. The van der Waals surface area contributed by atoms with Crippen LogP contribution in [0.4, 0.5) is 0 Å². The molecular weight excluding hydrogens is 582 g/mol. The maximum absolute atomic E-state index is 12.5. The zero-order chi connectivity index (χ0) is 31.0. The molecule has 0 radical (unpaired) electrons. The van der Waals surface area contributed by atoms with Gasteiger partial charge >= 0.3 is 0 Å². The third-order valence-corrected chi connectivity index (χ3v) is 9.01. The SMILES string of the molecule is C[C@@H]1[C@H](CSc2ccccn2)O[C@H](c2ccc(-c3cccc(CNC(=O)c4cccnc4)c3)cc2)O[C@@H]1c1ccc(CO)cc1. The van der Waals surface area contributed by atoms with Crippen LogP contribution in [0.15, 0.2) is 127 Å². The topological polar surface area (TPSA) is 93.6 Å². The summed E-state index contributed by atoms with van der Waals surface area (Å²) in [5.41, 5.74) is 6.52. The number of nitrogens with zero attached hydrogens (tertiary/aromatic N) is 2. The van der Waals surface area contributed by atoms with E-state index in [9.17, 15) is 9.90 Å². The fourth-order valence-corrected chi connectivity index (χ4v) is 6.41. The molecule has 2 N–H and O–H groups in total. The molecule has 1 saturated heterocycles. The summed E-state index contributed by atoms with van der Waals surface area (Å²) in [6.45, 7) is 2.59. The number of aliphatic hydroxyl groups is 1. The number of benzene rings is 3. The average Bonchev–Trinajstić information content (AvgIpc) is 3.11. The van der Waals surface area contributed by atoms with Crippen LogP contribution in [0.1, 0.15) is 51.9 Å². The minimum absolute atomic E-state index is 0.00568. The van der Waals surface area contributed by atoms with Gasteiger partial charge in [0.15, 0.2) is 6.29 Å². The van der Waals surface area contributed by atoms with E-state index in [0.717, 1.165) is 44.2 Å². The molecule has 228 valence electrons. The van der Waals surface area contributed by atoms with E-state index < -0.39 is 6.29 Å². The van der Waals surface area contributed by atoms with Gasteiger partial charge in [-0.25, -0.2) is 4.98 Å². The molecule has 7 nitrogen and oxygen atoms in total. The van der Waals surface area contributed by atoms with Gasteiger partial charge in [0.25, 0.3) is 5.91 Å². The van der Waals surface area contributed by atoms with E-state index in [1.807, 2.05) is 54.6 Å². The highest BCUT2D eigenvalue weighted by Gasteiger charge is 2.38. The fourth-order valence-electron chi connectivity index (χ4n) is 5.38. The molecule has 1 fully saturated rings. The lowest BCUT2D eigenvalue weighted by atomic mass is 9.91. The van der Waals surface area contributed by atoms with E-state index in [1.54, 1.807) is 42.5 Å². The number of amides is 1. The Morgan fingerprint density at radius 1 is 0.844 bits per heavy atom. The van der Waals surface area contributed by atoms with Gasteiger partial charge in [-0.05, 0) is 58.1 Å².